The largest absolute Gasteiger partial charge is 0.312 e. The molecule has 2 nitrogen and oxygen atoms in total. The second-order valence-electron chi connectivity index (χ2n) is 3.86. The van der Waals surface area contributed by atoms with E-state index in [0.29, 0.717) is 17.4 Å². The number of amides is 1. The number of rotatable bonds is 2. The minimum Gasteiger partial charge on any atom is -0.312 e. The highest BCUT2D eigenvalue weighted by Crippen LogP contribution is 2.31. The molecule has 1 unspecified atom stereocenters. The van der Waals surface area contributed by atoms with E-state index >= 15 is 0 Å². The first-order chi connectivity index (χ1) is 7.61. The average Bonchev–Trinajstić information content (AvgIpc) is 2.64. The summed E-state index contributed by atoms with van der Waals surface area (Å²) in [4.78, 5) is 13.6. The van der Waals surface area contributed by atoms with Crippen LogP contribution in [-0.2, 0) is 4.79 Å². The van der Waals surface area contributed by atoms with Crippen LogP contribution < -0.4 is 4.90 Å². The molecule has 0 aromatic heterocycles. The summed E-state index contributed by atoms with van der Waals surface area (Å²) in [6, 6.07) is 5.57. The first-order valence-electron chi connectivity index (χ1n) is 4.98. The molecule has 16 heavy (non-hydrogen) atoms. The van der Waals surface area contributed by atoms with Crippen molar-refractivity contribution < 1.29 is 4.79 Å². The molecule has 1 atom stereocenters. The predicted molar refractivity (Wildman–Crippen MR) is 73.5 cm³/mol. The number of anilines is 1. The number of hydrogen-bond acceptors (Lipinski definition) is 2. The predicted octanol–water partition coefficient (Wildman–Crippen LogP) is 3.39. The Morgan fingerprint density at radius 2 is 2.31 bits per heavy atom. The number of halogens is 2. The van der Waals surface area contributed by atoms with Crippen molar-refractivity contribution in [3.05, 3.63) is 27.7 Å². The van der Waals surface area contributed by atoms with Gasteiger partial charge in [-0.15, -0.1) is 0 Å². The van der Waals surface area contributed by atoms with E-state index in [0.717, 1.165) is 22.5 Å². The molecule has 0 saturated carbocycles. The van der Waals surface area contributed by atoms with Crippen molar-refractivity contribution in [1.29, 1.82) is 0 Å². The number of benzene rings is 1. The van der Waals surface area contributed by atoms with Crippen LogP contribution in [-0.4, -0.2) is 18.2 Å². The first kappa shape index (κ1) is 12.3. The maximum absolute atomic E-state index is 11.8. The fourth-order valence-electron chi connectivity index (χ4n) is 1.81. The molecule has 1 amide bonds. The van der Waals surface area contributed by atoms with Gasteiger partial charge in [0.15, 0.2) is 0 Å². The Kier molecular flexibility index (Phi) is 3.82. The number of carbonyl (C=O) groups excluding carboxylic acids is 1. The molecule has 0 spiro atoms. The molecule has 0 bridgehead atoms. The van der Waals surface area contributed by atoms with Crippen LogP contribution in [0, 0.1) is 5.92 Å². The lowest BCUT2D eigenvalue weighted by Gasteiger charge is -2.17. The molecule has 5 heteroatoms. The van der Waals surface area contributed by atoms with Gasteiger partial charge in [0.2, 0.25) is 5.91 Å². The van der Waals surface area contributed by atoms with Crippen LogP contribution in [0.15, 0.2) is 22.7 Å². The Balaban J connectivity index is 2.24. The Hall–Kier alpha value is -0.190. The number of hydrogen-bond donors (Lipinski definition) is 1. The van der Waals surface area contributed by atoms with Gasteiger partial charge in [0.05, 0.1) is 5.02 Å². The van der Waals surface area contributed by atoms with Gasteiger partial charge < -0.3 is 4.90 Å². The van der Waals surface area contributed by atoms with E-state index < -0.39 is 0 Å². The summed E-state index contributed by atoms with van der Waals surface area (Å²) < 4.78 is 0.843. The zero-order valence-corrected chi connectivity index (χ0v) is 11.7. The lowest BCUT2D eigenvalue weighted by atomic mass is 10.1. The van der Waals surface area contributed by atoms with Crippen LogP contribution >= 0.6 is 40.2 Å². The summed E-state index contributed by atoms with van der Waals surface area (Å²) >= 11 is 13.6. The Bertz CT molecular complexity index is 426. The Labute approximate surface area is 113 Å². The third-order valence-electron chi connectivity index (χ3n) is 2.68. The van der Waals surface area contributed by atoms with E-state index in [1.54, 1.807) is 4.90 Å². The van der Waals surface area contributed by atoms with Crippen molar-refractivity contribution in [3.8, 4) is 0 Å². The zero-order chi connectivity index (χ0) is 11.7. The van der Waals surface area contributed by atoms with Gasteiger partial charge in [-0.05, 0) is 45.8 Å². The van der Waals surface area contributed by atoms with E-state index in [1.165, 1.54) is 0 Å². The van der Waals surface area contributed by atoms with Gasteiger partial charge in [0.1, 0.15) is 0 Å². The molecule has 0 radical (unpaired) electrons. The maximum atomic E-state index is 11.8. The van der Waals surface area contributed by atoms with Crippen molar-refractivity contribution in [2.45, 2.75) is 6.42 Å². The minimum atomic E-state index is 0.150. The standard InChI is InChI=1S/C11H11BrClNOS/c12-9-2-1-8(4-10(9)13)14-5-7(6-16)3-11(14)15/h1-2,4,7,16H,3,5-6H2. The fraction of sp³-hybridized carbons (Fsp3) is 0.364. The third kappa shape index (κ3) is 2.39. The second kappa shape index (κ2) is 4.98. The topological polar surface area (TPSA) is 20.3 Å². The lowest BCUT2D eigenvalue weighted by molar-refractivity contribution is -0.117. The summed E-state index contributed by atoms with van der Waals surface area (Å²) in [5, 5.41) is 0.625. The highest BCUT2D eigenvalue weighted by molar-refractivity contribution is 9.10. The number of thiol groups is 1. The van der Waals surface area contributed by atoms with Gasteiger partial charge in [0, 0.05) is 23.1 Å². The number of nitrogens with zero attached hydrogens (tertiary/aromatic N) is 1. The van der Waals surface area contributed by atoms with Crippen molar-refractivity contribution in [2.75, 3.05) is 17.2 Å². The monoisotopic (exact) mass is 319 g/mol. The molecule has 1 heterocycles. The quantitative estimate of drug-likeness (QED) is 0.828. The molecular formula is C11H11BrClNOS. The molecule has 2 rings (SSSR count). The van der Waals surface area contributed by atoms with E-state index in [4.69, 9.17) is 11.6 Å². The van der Waals surface area contributed by atoms with Crippen molar-refractivity contribution in [2.24, 2.45) is 5.92 Å². The SMILES string of the molecule is O=C1CC(CS)CN1c1ccc(Br)c(Cl)c1. The van der Waals surface area contributed by atoms with Crippen molar-refractivity contribution >= 4 is 51.8 Å². The Morgan fingerprint density at radius 1 is 1.56 bits per heavy atom. The normalized spacial score (nSPS) is 20.6. The van der Waals surface area contributed by atoms with Crippen LogP contribution in [0.25, 0.3) is 0 Å². The number of carbonyl (C=O) groups is 1. The summed E-state index contributed by atoms with van der Waals surface area (Å²) in [6.45, 7) is 0.736. The van der Waals surface area contributed by atoms with E-state index in [9.17, 15) is 4.79 Å². The Morgan fingerprint density at radius 3 is 2.88 bits per heavy atom. The van der Waals surface area contributed by atoms with Crippen LogP contribution in [0.2, 0.25) is 5.02 Å². The molecule has 1 fully saturated rings. The highest BCUT2D eigenvalue weighted by Gasteiger charge is 2.29. The summed E-state index contributed by atoms with van der Waals surface area (Å²) in [5.74, 6) is 1.24. The van der Waals surface area contributed by atoms with Gasteiger partial charge in [-0.2, -0.15) is 12.6 Å². The maximum Gasteiger partial charge on any atom is 0.227 e. The van der Waals surface area contributed by atoms with Crippen LogP contribution in [0.4, 0.5) is 5.69 Å². The fourth-order valence-corrected chi connectivity index (χ4v) is 2.47. The molecule has 1 aliphatic heterocycles. The average molecular weight is 321 g/mol. The minimum absolute atomic E-state index is 0.150. The summed E-state index contributed by atoms with van der Waals surface area (Å²) in [5.41, 5.74) is 0.863. The molecule has 1 aromatic carbocycles. The second-order valence-corrected chi connectivity index (χ2v) is 5.48. The molecule has 1 aromatic rings. The van der Waals surface area contributed by atoms with Gasteiger partial charge in [0.25, 0.3) is 0 Å². The summed E-state index contributed by atoms with van der Waals surface area (Å²) in [7, 11) is 0. The summed E-state index contributed by atoms with van der Waals surface area (Å²) in [6.07, 6.45) is 0.581. The molecule has 0 aliphatic carbocycles. The van der Waals surface area contributed by atoms with Crippen molar-refractivity contribution in [3.63, 3.8) is 0 Å². The first-order valence-corrected chi connectivity index (χ1v) is 6.78. The van der Waals surface area contributed by atoms with Crippen LogP contribution in [0.1, 0.15) is 6.42 Å². The van der Waals surface area contributed by atoms with Gasteiger partial charge >= 0.3 is 0 Å². The van der Waals surface area contributed by atoms with Gasteiger partial charge in [-0.25, -0.2) is 0 Å². The van der Waals surface area contributed by atoms with Gasteiger partial charge in [-0.1, -0.05) is 11.6 Å². The highest BCUT2D eigenvalue weighted by atomic mass is 79.9. The smallest absolute Gasteiger partial charge is 0.227 e. The molecule has 1 saturated heterocycles. The molecule has 1 aliphatic rings. The molecular weight excluding hydrogens is 310 g/mol. The lowest BCUT2D eigenvalue weighted by Crippen LogP contribution is -2.24. The zero-order valence-electron chi connectivity index (χ0n) is 8.49. The van der Waals surface area contributed by atoms with Crippen molar-refractivity contribution in [1.82, 2.24) is 0 Å². The van der Waals surface area contributed by atoms with Gasteiger partial charge in [-0.3, -0.25) is 4.79 Å². The van der Waals surface area contributed by atoms with E-state index in [2.05, 4.69) is 28.6 Å². The third-order valence-corrected chi connectivity index (χ3v) is 4.43. The van der Waals surface area contributed by atoms with E-state index in [-0.39, 0.29) is 5.91 Å². The van der Waals surface area contributed by atoms with Crippen LogP contribution in [0.5, 0.6) is 0 Å². The molecule has 86 valence electrons. The molecule has 0 N–H and O–H groups in total. The van der Waals surface area contributed by atoms with E-state index in [1.807, 2.05) is 18.2 Å². The van der Waals surface area contributed by atoms with Crippen LogP contribution in [0.3, 0.4) is 0 Å².